The quantitative estimate of drug-likeness (QED) is 0.339. The third-order valence-corrected chi connectivity index (χ3v) is 9.45. The van der Waals surface area contributed by atoms with Crippen LogP contribution in [0.3, 0.4) is 0 Å². The van der Waals surface area contributed by atoms with Gasteiger partial charge in [0.05, 0.1) is 23.7 Å². The first-order valence-electron chi connectivity index (χ1n) is 12.1. The highest BCUT2D eigenvalue weighted by molar-refractivity contribution is 8.00. The zero-order chi connectivity index (χ0) is 26.4. The van der Waals surface area contributed by atoms with E-state index in [1.165, 1.54) is 16.7 Å². The molecule has 0 radical (unpaired) electrons. The maximum absolute atomic E-state index is 14.0. The fourth-order valence-electron chi connectivity index (χ4n) is 5.13. The number of H-pyrrole nitrogens is 1. The lowest BCUT2D eigenvalue weighted by atomic mass is 9.82. The van der Waals surface area contributed by atoms with Crippen molar-refractivity contribution in [2.75, 3.05) is 12.0 Å². The minimum atomic E-state index is -0.684. The van der Waals surface area contributed by atoms with Gasteiger partial charge in [-0.3, -0.25) is 14.4 Å². The van der Waals surface area contributed by atoms with Gasteiger partial charge in [0.25, 0.3) is 0 Å². The molecule has 1 N–H and O–H groups in total. The smallest absolute Gasteiger partial charge is 0.305 e. The molecular formula is C29H24N2O5S2. The fourth-order valence-corrected chi connectivity index (χ4v) is 7.64. The summed E-state index contributed by atoms with van der Waals surface area (Å²) in [5.41, 5.74) is 3.46. The number of amides is 2. The zero-order valence-electron chi connectivity index (χ0n) is 20.7. The molecule has 192 valence electrons. The first kappa shape index (κ1) is 24.5. The van der Waals surface area contributed by atoms with Gasteiger partial charge in [-0.15, -0.1) is 0 Å². The van der Waals surface area contributed by atoms with E-state index >= 15 is 0 Å². The Morgan fingerprint density at radius 1 is 0.921 bits per heavy atom. The number of ether oxygens (including phenoxy) is 2. The van der Waals surface area contributed by atoms with Gasteiger partial charge in [0, 0.05) is 16.4 Å². The molecule has 2 aliphatic rings. The topological polar surface area (TPSA) is 88.7 Å². The van der Waals surface area contributed by atoms with E-state index < -0.39 is 17.1 Å². The van der Waals surface area contributed by atoms with Crippen LogP contribution < -0.4 is 19.2 Å². The van der Waals surface area contributed by atoms with Gasteiger partial charge in [-0.05, 0) is 48.4 Å². The van der Waals surface area contributed by atoms with Crippen molar-refractivity contribution in [3.05, 3.63) is 104 Å². The van der Waals surface area contributed by atoms with Crippen LogP contribution in [0, 0.1) is 12.8 Å². The molecule has 7 nitrogen and oxygen atoms in total. The lowest BCUT2D eigenvalue weighted by Crippen LogP contribution is -2.32. The number of aryl methyl sites for hydroxylation is 1. The number of para-hydroxylation sites is 1. The van der Waals surface area contributed by atoms with E-state index in [2.05, 4.69) is 4.98 Å². The highest BCUT2D eigenvalue weighted by Gasteiger charge is 2.56. The molecule has 9 heteroatoms. The molecule has 4 aromatic rings. The number of anilines is 1. The van der Waals surface area contributed by atoms with Crippen molar-refractivity contribution in [3.8, 4) is 11.5 Å². The number of thiazole rings is 1. The molecule has 3 heterocycles. The SMILES string of the molecule is COc1ccc(N2C(=O)C3Sc4[nH]c(=O)sc4[C@H](c4ccccc4OCc4ccccc4C)C3C2=O)cc1. The maximum Gasteiger partial charge on any atom is 0.305 e. The predicted molar refractivity (Wildman–Crippen MR) is 147 cm³/mol. The van der Waals surface area contributed by atoms with Crippen LogP contribution in [-0.2, 0) is 16.2 Å². The van der Waals surface area contributed by atoms with Gasteiger partial charge < -0.3 is 14.5 Å². The number of nitrogens with zero attached hydrogens (tertiary/aromatic N) is 1. The number of carbonyl (C=O) groups excluding carboxylic acids is 2. The van der Waals surface area contributed by atoms with Crippen molar-refractivity contribution < 1.29 is 19.1 Å². The van der Waals surface area contributed by atoms with Crippen molar-refractivity contribution in [1.82, 2.24) is 4.98 Å². The molecule has 38 heavy (non-hydrogen) atoms. The van der Waals surface area contributed by atoms with E-state index in [1.54, 1.807) is 31.4 Å². The Morgan fingerprint density at radius 2 is 1.66 bits per heavy atom. The van der Waals surface area contributed by atoms with Crippen molar-refractivity contribution in [2.45, 2.75) is 29.7 Å². The number of thioether (sulfide) groups is 1. The van der Waals surface area contributed by atoms with Gasteiger partial charge in [0.15, 0.2) is 0 Å². The monoisotopic (exact) mass is 544 g/mol. The Bertz CT molecular complexity index is 1590. The summed E-state index contributed by atoms with van der Waals surface area (Å²) in [6, 6.07) is 22.5. The van der Waals surface area contributed by atoms with Crippen LogP contribution in [0.2, 0.25) is 0 Å². The molecule has 2 aliphatic heterocycles. The van der Waals surface area contributed by atoms with Gasteiger partial charge in [0.2, 0.25) is 11.8 Å². The molecule has 0 aliphatic carbocycles. The molecular weight excluding hydrogens is 520 g/mol. The van der Waals surface area contributed by atoms with Gasteiger partial charge in [-0.25, -0.2) is 4.90 Å². The molecule has 6 rings (SSSR count). The first-order valence-corrected chi connectivity index (χ1v) is 13.8. The Balaban J connectivity index is 1.41. The Morgan fingerprint density at radius 3 is 2.42 bits per heavy atom. The Hall–Kier alpha value is -3.82. The number of hydrogen-bond donors (Lipinski definition) is 1. The predicted octanol–water partition coefficient (Wildman–Crippen LogP) is 5.13. The molecule has 0 bridgehead atoms. The average molecular weight is 545 g/mol. The molecule has 0 spiro atoms. The van der Waals surface area contributed by atoms with Crippen LogP contribution in [0.5, 0.6) is 11.5 Å². The lowest BCUT2D eigenvalue weighted by molar-refractivity contribution is -0.122. The van der Waals surface area contributed by atoms with E-state index in [0.29, 0.717) is 28.8 Å². The number of rotatable bonds is 6. The van der Waals surface area contributed by atoms with Gasteiger partial charge in [-0.1, -0.05) is 65.6 Å². The van der Waals surface area contributed by atoms with Crippen LogP contribution in [0.15, 0.2) is 82.6 Å². The van der Waals surface area contributed by atoms with Crippen LogP contribution >= 0.6 is 23.1 Å². The molecule has 1 fully saturated rings. The number of nitrogens with one attached hydrogen (secondary N) is 1. The summed E-state index contributed by atoms with van der Waals surface area (Å²) in [5.74, 6) is -0.512. The maximum atomic E-state index is 14.0. The highest BCUT2D eigenvalue weighted by atomic mass is 32.2. The largest absolute Gasteiger partial charge is 0.497 e. The van der Waals surface area contributed by atoms with Gasteiger partial charge >= 0.3 is 4.87 Å². The number of benzene rings is 3. The lowest BCUT2D eigenvalue weighted by Gasteiger charge is -2.30. The fraction of sp³-hybridized carbons (Fsp3) is 0.207. The summed E-state index contributed by atoms with van der Waals surface area (Å²) in [6.45, 7) is 2.40. The second-order valence-electron chi connectivity index (χ2n) is 9.21. The molecule has 3 atom stereocenters. The number of hydrogen-bond acceptors (Lipinski definition) is 7. The number of fused-ring (bicyclic) bond motifs is 2. The number of aromatic amines is 1. The Kier molecular flexibility index (Phi) is 6.33. The van der Waals surface area contributed by atoms with Crippen LogP contribution in [-0.4, -0.2) is 29.2 Å². The normalized spacial score (nSPS) is 20.3. The van der Waals surface area contributed by atoms with Crippen molar-refractivity contribution in [3.63, 3.8) is 0 Å². The van der Waals surface area contributed by atoms with Crippen molar-refractivity contribution in [1.29, 1.82) is 0 Å². The van der Waals surface area contributed by atoms with Crippen LogP contribution in [0.1, 0.15) is 27.5 Å². The highest BCUT2D eigenvalue weighted by Crippen LogP contribution is 2.54. The van der Waals surface area contributed by atoms with Gasteiger partial charge in [-0.2, -0.15) is 0 Å². The molecule has 1 aromatic heterocycles. The summed E-state index contributed by atoms with van der Waals surface area (Å²) >= 11 is 2.35. The summed E-state index contributed by atoms with van der Waals surface area (Å²) in [4.78, 5) is 44.8. The number of carbonyl (C=O) groups is 2. The first-order chi connectivity index (χ1) is 18.5. The summed E-state index contributed by atoms with van der Waals surface area (Å²) in [5, 5.41) is -0.0329. The van der Waals surface area contributed by atoms with Crippen LogP contribution in [0.25, 0.3) is 0 Å². The van der Waals surface area contributed by atoms with E-state index in [9.17, 15) is 14.4 Å². The van der Waals surface area contributed by atoms with E-state index in [-0.39, 0.29) is 16.7 Å². The molecule has 3 aromatic carbocycles. The molecule has 0 saturated carbocycles. The minimum absolute atomic E-state index is 0.210. The average Bonchev–Trinajstić information content (AvgIpc) is 3.42. The van der Waals surface area contributed by atoms with Crippen molar-refractivity contribution in [2.24, 2.45) is 5.92 Å². The summed E-state index contributed by atoms with van der Waals surface area (Å²) in [6.07, 6.45) is 0. The third-order valence-electron chi connectivity index (χ3n) is 7.05. The second kappa shape index (κ2) is 9.81. The zero-order valence-corrected chi connectivity index (χ0v) is 22.3. The molecule has 2 unspecified atom stereocenters. The van der Waals surface area contributed by atoms with E-state index in [1.807, 2.05) is 55.5 Å². The summed E-state index contributed by atoms with van der Waals surface area (Å²) < 4.78 is 11.5. The van der Waals surface area contributed by atoms with Crippen molar-refractivity contribution >= 4 is 40.6 Å². The molecule has 1 saturated heterocycles. The van der Waals surface area contributed by atoms with E-state index in [4.69, 9.17) is 9.47 Å². The van der Waals surface area contributed by atoms with E-state index in [0.717, 1.165) is 32.9 Å². The number of methoxy groups -OCH3 is 1. The molecule has 2 amide bonds. The third kappa shape index (κ3) is 4.12. The minimum Gasteiger partial charge on any atom is -0.497 e. The second-order valence-corrected chi connectivity index (χ2v) is 11.4. The number of imide groups is 1. The van der Waals surface area contributed by atoms with Gasteiger partial charge in [0.1, 0.15) is 23.4 Å². The standard InChI is InChI=1S/C29H24N2O5S2/c1-16-7-3-4-8-17(16)15-36-21-10-6-5-9-20(21)22-23-25(37-26-24(22)38-29(34)30-26)28(33)31(27(23)32)18-11-13-19(35-2)14-12-18/h3-14,22-23,25H,15H2,1-2H3,(H,30,34)/t22-,23?,25?/m1/s1. The number of aromatic nitrogens is 1. The summed E-state index contributed by atoms with van der Waals surface area (Å²) in [7, 11) is 1.56. The van der Waals surface area contributed by atoms with Crippen LogP contribution in [0.4, 0.5) is 5.69 Å². The Labute approximate surface area is 227 Å².